The molecule has 1 aliphatic carbocycles. The lowest BCUT2D eigenvalue weighted by Gasteiger charge is -2.38. The lowest BCUT2D eigenvalue weighted by Crippen LogP contribution is -2.49. The first kappa shape index (κ1) is 17.7. The van der Waals surface area contributed by atoms with Crippen LogP contribution in [0.3, 0.4) is 0 Å². The Hall–Kier alpha value is -1.10. The maximum Gasteiger partial charge on any atom is 0.225 e. The zero-order valence-electron chi connectivity index (χ0n) is 15.3. The Morgan fingerprint density at radius 3 is 2.62 bits per heavy atom. The van der Waals surface area contributed by atoms with Crippen LogP contribution < -0.4 is 5.32 Å². The van der Waals surface area contributed by atoms with E-state index in [0.29, 0.717) is 37.6 Å². The first-order valence-electron chi connectivity index (χ1n) is 9.89. The summed E-state index contributed by atoms with van der Waals surface area (Å²) in [6.07, 6.45) is 8.90. The summed E-state index contributed by atoms with van der Waals surface area (Å²) in [5.74, 6) is 0.101. The first-order chi connectivity index (χ1) is 11.6. The summed E-state index contributed by atoms with van der Waals surface area (Å²) >= 11 is 0. The number of carbonyl (C=O) groups excluding carboxylic acids is 2. The van der Waals surface area contributed by atoms with E-state index < -0.39 is 0 Å². The molecule has 0 aromatic carbocycles. The van der Waals surface area contributed by atoms with Gasteiger partial charge in [-0.3, -0.25) is 14.5 Å². The van der Waals surface area contributed by atoms with Crippen molar-refractivity contribution in [2.45, 2.75) is 83.3 Å². The van der Waals surface area contributed by atoms with E-state index in [4.69, 9.17) is 0 Å². The number of carbonyl (C=O) groups is 2. The molecule has 136 valence electrons. The fourth-order valence-corrected chi connectivity index (χ4v) is 4.76. The van der Waals surface area contributed by atoms with Gasteiger partial charge in [0.15, 0.2) is 0 Å². The molecule has 0 bridgehead atoms. The Labute approximate surface area is 146 Å². The van der Waals surface area contributed by atoms with Crippen LogP contribution in [0.1, 0.15) is 65.2 Å². The van der Waals surface area contributed by atoms with Crippen LogP contribution >= 0.6 is 0 Å². The van der Waals surface area contributed by atoms with E-state index in [1.54, 1.807) is 0 Å². The van der Waals surface area contributed by atoms with Crippen molar-refractivity contribution < 1.29 is 9.59 Å². The quantitative estimate of drug-likeness (QED) is 0.838. The molecule has 1 saturated carbocycles. The minimum atomic E-state index is -0.149. The monoisotopic (exact) mass is 335 g/mol. The van der Waals surface area contributed by atoms with Gasteiger partial charge >= 0.3 is 0 Å². The largest absolute Gasteiger partial charge is 0.354 e. The molecule has 2 heterocycles. The Kier molecular flexibility index (Phi) is 5.80. The number of likely N-dealkylation sites (tertiary alicyclic amines) is 2. The maximum absolute atomic E-state index is 12.5. The van der Waals surface area contributed by atoms with Gasteiger partial charge in [-0.05, 0) is 46.1 Å². The third kappa shape index (κ3) is 3.93. The van der Waals surface area contributed by atoms with Crippen LogP contribution in [0.25, 0.3) is 0 Å². The van der Waals surface area contributed by atoms with Crippen molar-refractivity contribution in [2.24, 2.45) is 5.92 Å². The molecule has 5 nitrogen and oxygen atoms in total. The first-order valence-corrected chi connectivity index (χ1v) is 9.89. The molecule has 0 aromatic rings. The highest BCUT2D eigenvalue weighted by Gasteiger charge is 2.38. The zero-order valence-corrected chi connectivity index (χ0v) is 15.3. The van der Waals surface area contributed by atoms with Gasteiger partial charge in [-0.2, -0.15) is 0 Å². The van der Waals surface area contributed by atoms with Gasteiger partial charge in [0.05, 0.1) is 5.92 Å². The lowest BCUT2D eigenvalue weighted by atomic mass is 10.0. The molecular weight excluding hydrogens is 302 g/mol. The van der Waals surface area contributed by atoms with Crippen LogP contribution in [0.2, 0.25) is 0 Å². The van der Waals surface area contributed by atoms with E-state index in [1.165, 1.54) is 32.1 Å². The van der Waals surface area contributed by atoms with Gasteiger partial charge < -0.3 is 10.2 Å². The van der Waals surface area contributed by atoms with Crippen molar-refractivity contribution in [3.8, 4) is 0 Å². The van der Waals surface area contributed by atoms with Gasteiger partial charge in [-0.1, -0.05) is 19.3 Å². The Morgan fingerprint density at radius 2 is 1.92 bits per heavy atom. The summed E-state index contributed by atoms with van der Waals surface area (Å²) in [5.41, 5.74) is 0. The predicted octanol–water partition coefficient (Wildman–Crippen LogP) is 2.16. The number of hydrogen-bond acceptors (Lipinski definition) is 3. The van der Waals surface area contributed by atoms with E-state index >= 15 is 0 Å². The average Bonchev–Trinajstić information content (AvgIpc) is 3.22. The highest BCUT2D eigenvalue weighted by atomic mass is 16.2. The summed E-state index contributed by atoms with van der Waals surface area (Å²) in [7, 11) is 0. The molecule has 2 amide bonds. The number of nitrogens with zero attached hydrogens (tertiary/aromatic N) is 2. The van der Waals surface area contributed by atoms with E-state index in [-0.39, 0.29) is 17.7 Å². The molecule has 0 unspecified atom stereocenters. The van der Waals surface area contributed by atoms with E-state index in [9.17, 15) is 9.59 Å². The van der Waals surface area contributed by atoms with E-state index in [0.717, 1.165) is 19.4 Å². The molecule has 3 fully saturated rings. The number of nitrogens with one attached hydrogen (secondary N) is 1. The van der Waals surface area contributed by atoms with Crippen LogP contribution in [-0.4, -0.2) is 59.4 Å². The van der Waals surface area contributed by atoms with Gasteiger partial charge in [0.25, 0.3) is 0 Å². The summed E-state index contributed by atoms with van der Waals surface area (Å²) in [6, 6.07) is 1.37. The van der Waals surface area contributed by atoms with Crippen LogP contribution in [0.4, 0.5) is 0 Å². The molecule has 5 heteroatoms. The minimum absolute atomic E-state index is 0.0698. The van der Waals surface area contributed by atoms with Crippen LogP contribution in [0.15, 0.2) is 0 Å². The molecule has 2 aliphatic heterocycles. The maximum atomic E-state index is 12.5. The standard InChI is InChI=1S/C19H33N3O2/c1-14-7-5-6-10-21(14)15(2)12-20-19(24)16-11-18(23)22(13-16)17-8-3-4-9-17/h14-17H,3-13H2,1-2H3,(H,20,24)/t14-,15+,16-/m1/s1. The molecule has 0 spiro atoms. The molecule has 3 rings (SSSR count). The van der Waals surface area contributed by atoms with Gasteiger partial charge in [-0.25, -0.2) is 0 Å². The zero-order chi connectivity index (χ0) is 17.1. The smallest absolute Gasteiger partial charge is 0.225 e. The second-order valence-corrected chi connectivity index (χ2v) is 8.06. The Balaban J connectivity index is 1.46. The number of rotatable bonds is 5. The highest BCUT2D eigenvalue weighted by Crippen LogP contribution is 2.29. The molecule has 0 radical (unpaired) electrons. The molecular formula is C19H33N3O2. The highest BCUT2D eigenvalue weighted by molar-refractivity contribution is 5.89. The molecule has 2 saturated heterocycles. The number of amides is 2. The van der Waals surface area contributed by atoms with Gasteiger partial charge in [0.2, 0.25) is 11.8 Å². The number of hydrogen-bond donors (Lipinski definition) is 1. The van der Waals surface area contributed by atoms with Crippen molar-refractivity contribution in [3.05, 3.63) is 0 Å². The van der Waals surface area contributed by atoms with Crippen LogP contribution in [-0.2, 0) is 9.59 Å². The Morgan fingerprint density at radius 1 is 1.21 bits per heavy atom. The van der Waals surface area contributed by atoms with Crippen molar-refractivity contribution in [1.29, 1.82) is 0 Å². The van der Waals surface area contributed by atoms with Crippen LogP contribution in [0, 0.1) is 5.92 Å². The Bertz CT molecular complexity index is 462. The predicted molar refractivity (Wildman–Crippen MR) is 94.6 cm³/mol. The third-order valence-corrected chi connectivity index (χ3v) is 6.29. The van der Waals surface area contributed by atoms with Crippen molar-refractivity contribution >= 4 is 11.8 Å². The summed E-state index contributed by atoms with van der Waals surface area (Å²) < 4.78 is 0. The molecule has 3 atom stereocenters. The normalized spacial score (nSPS) is 30.8. The SMILES string of the molecule is C[C@@H]1CCCCN1[C@@H](C)CNC(=O)[C@@H]1CC(=O)N(C2CCCC2)C1. The molecule has 1 N–H and O–H groups in total. The summed E-state index contributed by atoms with van der Waals surface area (Å²) in [5, 5.41) is 3.11. The summed E-state index contributed by atoms with van der Waals surface area (Å²) in [4.78, 5) is 29.2. The molecule has 24 heavy (non-hydrogen) atoms. The second-order valence-electron chi connectivity index (χ2n) is 8.06. The topological polar surface area (TPSA) is 52.7 Å². The summed E-state index contributed by atoms with van der Waals surface area (Å²) in [6.45, 7) is 6.94. The van der Waals surface area contributed by atoms with Gasteiger partial charge in [0, 0.05) is 37.6 Å². The fourth-order valence-electron chi connectivity index (χ4n) is 4.76. The molecule has 0 aromatic heterocycles. The average molecular weight is 335 g/mol. The third-order valence-electron chi connectivity index (χ3n) is 6.29. The van der Waals surface area contributed by atoms with Crippen molar-refractivity contribution in [3.63, 3.8) is 0 Å². The fraction of sp³-hybridized carbons (Fsp3) is 0.895. The van der Waals surface area contributed by atoms with E-state index in [1.807, 2.05) is 4.90 Å². The number of piperidine rings is 1. The van der Waals surface area contributed by atoms with Gasteiger partial charge in [-0.15, -0.1) is 0 Å². The van der Waals surface area contributed by atoms with Crippen molar-refractivity contribution in [1.82, 2.24) is 15.1 Å². The minimum Gasteiger partial charge on any atom is -0.354 e. The second kappa shape index (κ2) is 7.85. The van der Waals surface area contributed by atoms with Crippen LogP contribution in [0.5, 0.6) is 0 Å². The molecule has 3 aliphatic rings. The van der Waals surface area contributed by atoms with Crippen molar-refractivity contribution in [2.75, 3.05) is 19.6 Å². The van der Waals surface area contributed by atoms with E-state index in [2.05, 4.69) is 24.1 Å². The van der Waals surface area contributed by atoms with Gasteiger partial charge in [0.1, 0.15) is 0 Å². The lowest BCUT2D eigenvalue weighted by molar-refractivity contribution is -0.130.